The minimum absolute atomic E-state index is 0.0375. The van der Waals surface area contributed by atoms with Crippen molar-refractivity contribution >= 4 is 33.3 Å². The molecule has 0 atom stereocenters. The van der Waals surface area contributed by atoms with Gasteiger partial charge in [0.1, 0.15) is 0 Å². The Balaban J connectivity index is 1.74. The lowest BCUT2D eigenvalue weighted by Gasteiger charge is -2.17. The fraction of sp³-hybridized carbons (Fsp3) is 0.267. The molecule has 1 aromatic carbocycles. The molecule has 20 heavy (non-hydrogen) atoms. The highest BCUT2D eigenvalue weighted by molar-refractivity contribution is 9.11. The van der Waals surface area contributed by atoms with E-state index in [0.717, 1.165) is 15.8 Å². The average Bonchev–Trinajstić information content (AvgIpc) is 2.85. The van der Waals surface area contributed by atoms with Crippen LogP contribution in [0, 0.1) is 0 Å². The first-order valence-corrected chi connectivity index (χ1v) is 8.03. The third-order valence-corrected chi connectivity index (χ3v) is 4.57. The van der Waals surface area contributed by atoms with Crippen LogP contribution in [0.15, 0.2) is 46.3 Å². The number of nitrogens with zero attached hydrogens (tertiary/aromatic N) is 1. The molecule has 0 aliphatic carbocycles. The summed E-state index contributed by atoms with van der Waals surface area (Å²) in [6.45, 7) is 1.28. The largest absolute Gasteiger partial charge is 0.338 e. The predicted octanol–water partition coefficient (Wildman–Crippen LogP) is 3.89. The fourth-order valence-electron chi connectivity index (χ4n) is 1.84. The van der Waals surface area contributed by atoms with Crippen LogP contribution < -0.4 is 5.32 Å². The molecule has 1 aromatic heterocycles. The zero-order chi connectivity index (χ0) is 14.4. The van der Waals surface area contributed by atoms with Gasteiger partial charge in [0.15, 0.2) is 0 Å². The van der Waals surface area contributed by atoms with Gasteiger partial charge in [-0.2, -0.15) is 0 Å². The van der Waals surface area contributed by atoms with Crippen LogP contribution in [0.2, 0.25) is 0 Å². The molecule has 1 N–H and O–H groups in total. The number of rotatable bonds is 5. The van der Waals surface area contributed by atoms with E-state index in [1.165, 1.54) is 4.88 Å². The van der Waals surface area contributed by atoms with Crippen molar-refractivity contribution in [3.05, 3.63) is 56.7 Å². The van der Waals surface area contributed by atoms with Crippen molar-refractivity contribution in [2.75, 3.05) is 13.6 Å². The first-order chi connectivity index (χ1) is 9.65. The minimum Gasteiger partial charge on any atom is -0.338 e. The predicted molar refractivity (Wildman–Crippen MR) is 87.0 cm³/mol. The highest BCUT2D eigenvalue weighted by Gasteiger charge is 2.08. The van der Waals surface area contributed by atoms with Gasteiger partial charge in [0, 0.05) is 25.0 Å². The fourth-order valence-corrected chi connectivity index (χ4v) is 3.33. The number of amides is 2. The Morgan fingerprint density at radius 1 is 1.25 bits per heavy atom. The highest BCUT2D eigenvalue weighted by Crippen LogP contribution is 2.22. The standard InChI is InChI=1S/C15H17BrN2OS/c1-18(11-12-5-3-2-4-6-12)15(19)17-10-9-13-7-8-14(16)20-13/h2-8H,9-11H2,1H3,(H,17,19). The zero-order valence-electron chi connectivity index (χ0n) is 11.3. The van der Waals surface area contributed by atoms with Gasteiger partial charge < -0.3 is 10.2 Å². The van der Waals surface area contributed by atoms with Gasteiger partial charge in [-0.05, 0) is 40.0 Å². The molecule has 1 heterocycles. The Labute approximate surface area is 131 Å². The molecule has 0 saturated heterocycles. The molecule has 2 rings (SSSR count). The van der Waals surface area contributed by atoms with Gasteiger partial charge in [0.25, 0.3) is 0 Å². The maximum atomic E-state index is 12.0. The number of carbonyl (C=O) groups excluding carboxylic acids is 1. The Kier molecular flexibility index (Phi) is 5.61. The van der Waals surface area contributed by atoms with Gasteiger partial charge in [0.05, 0.1) is 3.79 Å². The monoisotopic (exact) mass is 352 g/mol. The molecule has 0 radical (unpaired) electrons. The van der Waals surface area contributed by atoms with Crippen molar-refractivity contribution < 1.29 is 4.79 Å². The molecule has 0 saturated carbocycles. The maximum Gasteiger partial charge on any atom is 0.317 e. The van der Waals surface area contributed by atoms with E-state index in [1.807, 2.05) is 43.4 Å². The van der Waals surface area contributed by atoms with Crippen LogP contribution in [0.5, 0.6) is 0 Å². The van der Waals surface area contributed by atoms with Gasteiger partial charge >= 0.3 is 6.03 Å². The number of nitrogens with one attached hydrogen (secondary N) is 1. The topological polar surface area (TPSA) is 32.3 Å². The van der Waals surface area contributed by atoms with Gasteiger partial charge in [-0.15, -0.1) is 11.3 Å². The van der Waals surface area contributed by atoms with Gasteiger partial charge in [-0.25, -0.2) is 4.79 Å². The summed E-state index contributed by atoms with van der Waals surface area (Å²) in [6.07, 6.45) is 0.862. The Bertz CT molecular complexity index is 556. The summed E-state index contributed by atoms with van der Waals surface area (Å²) < 4.78 is 1.13. The SMILES string of the molecule is CN(Cc1ccccc1)C(=O)NCCc1ccc(Br)s1. The second kappa shape index (κ2) is 7.45. The van der Waals surface area contributed by atoms with Crippen LogP contribution in [-0.2, 0) is 13.0 Å². The number of thiophene rings is 1. The molecule has 0 bridgehead atoms. The second-order valence-corrected chi connectivity index (χ2v) is 7.08. The van der Waals surface area contributed by atoms with E-state index >= 15 is 0 Å². The third-order valence-electron chi connectivity index (χ3n) is 2.89. The molecule has 106 valence electrons. The number of halogens is 1. The normalized spacial score (nSPS) is 10.3. The van der Waals surface area contributed by atoms with E-state index in [1.54, 1.807) is 16.2 Å². The second-order valence-electron chi connectivity index (χ2n) is 4.53. The summed E-state index contributed by atoms with van der Waals surface area (Å²) >= 11 is 5.14. The maximum absolute atomic E-state index is 12.0. The summed E-state index contributed by atoms with van der Waals surface area (Å²) in [5, 5.41) is 2.94. The summed E-state index contributed by atoms with van der Waals surface area (Å²) in [6, 6.07) is 14.1. The first-order valence-electron chi connectivity index (χ1n) is 6.42. The highest BCUT2D eigenvalue weighted by atomic mass is 79.9. The lowest BCUT2D eigenvalue weighted by atomic mass is 10.2. The van der Waals surface area contributed by atoms with Crippen LogP contribution >= 0.6 is 27.3 Å². The molecule has 3 nitrogen and oxygen atoms in total. The quantitative estimate of drug-likeness (QED) is 0.869. The minimum atomic E-state index is -0.0375. The van der Waals surface area contributed by atoms with Crippen molar-refractivity contribution in [2.45, 2.75) is 13.0 Å². The van der Waals surface area contributed by atoms with Crippen LogP contribution in [0.3, 0.4) is 0 Å². The van der Waals surface area contributed by atoms with Crippen molar-refractivity contribution in [1.82, 2.24) is 10.2 Å². The van der Waals surface area contributed by atoms with E-state index in [0.29, 0.717) is 13.1 Å². The molecule has 0 unspecified atom stereocenters. The molecular weight excluding hydrogens is 336 g/mol. The lowest BCUT2D eigenvalue weighted by Crippen LogP contribution is -2.37. The molecule has 5 heteroatoms. The van der Waals surface area contributed by atoms with E-state index in [9.17, 15) is 4.79 Å². The van der Waals surface area contributed by atoms with Crippen molar-refractivity contribution in [2.24, 2.45) is 0 Å². The molecule has 0 spiro atoms. The molecular formula is C15H17BrN2OS. The summed E-state index contributed by atoms with van der Waals surface area (Å²) in [4.78, 5) is 14.9. The van der Waals surface area contributed by atoms with Crippen LogP contribution in [0.1, 0.15) is 10.4 Å². The number of urea groups is 1. The van der Waals surface area contributed by atoms with Crippen molar-refractivity contribution in [3.8, 4) is 0 Å². The van der Waals surface area contributed by atoms with Crippen molar-refractivity contribution in [3.63, 3.8) is 0 Å². The summed E-state index contributed by atoms with van der Waals surface area (Å²) in [5.41, 5.74) is 1.13. The summed E-state index contributed by atoms with van der Waals surface area (Å²) in [7, 11) is 1.81. The Morgan fingerprint density at radius 3 is 2.65 bits per heavy atom. The van der Waals surface area contributed by atoms with Gasteiger partial charge in [-0.3, -0.25) is 0 Å². The molecule has 2 aromatic rings. The Hall–Kier alpha value is -1.33. The van der Waals surface area contributed by atoms with E-state index in [-0.39, 0.29) is 6.03 Å². The zero-order valence-corrected chi connectivity index (χ0v) is 13.7. The first kappa shape index (κ1) is 15.1. The third kappa shape index (κ3) is 4.65. The van der Waals surface area contributed by atoms with Crippen LogP contribution in [0.25, 0.3) is 0 Å². The number of carbonyl (C=O) groups is 1. The van der Waals surface area contributed by atoms with E-state index in [2.05, 4.69) is 27.3 Å². The number of hydrogen-bond donors (Lipinski definition) is 1. The molecule has 0 aliphatic heterocycles. The Morgan fingerprint density at radius 2 is 2.00 bits per heavy atom. The lowest BCUT2D eigenvalue weighted by molar-refractivity contribution is 0.207. The average molecular weight is 353 g/mol. The van der Waals surface area contributed by atoms with E-state index in [4.69, 9.17) is 0 Å². The van der Waals surface area contributed by atoms with Crippen molar-refractivity contribution in [1.29, 1.82) is 0 Å². The number of hydrogen-bond acceptors (Lipinski definition) is 2. The molecule has 2 amide bonds. The van der Waals surface area contributed by atoms with Gasteiger partial charge in [-0.1, -0.05) is 30.3 Å². The van der Waals surface area contributed by atoms with E-state index < -0.39 is 0 Å². The summed E-state index contributed by atoms with van der Waals surface area (Å²) in [5.74, 6) is 0. The van der Waals surface area contributed by atoms with Gasteiger partial charge in [0.2, 0.25) is 0 Å². The van der Waals surface area contributed by atoms with Crippen LogP contribution in [0.4, 0.5) is 4.79 Å². The molecule has 0 fully saturated rings. The number of benzene rings is 1. The smallest absolute Gasteiger partial charge is 0.317 e. The van der Waals surface area contributed by atoms with Crippen LogP contribution in [-0.4, -0.2) is 24.5 Å². The molecule has 0 aliphatic rings.